The monoisotopic (exact) mass is 167 g/mol. The molecule has 0 aliphatic heterocycles. The summed E-state index contributed by atoms with van der Waals surface area (Å²) < 4.78 is 1.68. The topological polar surface area (TPSA) is 47.8 Å². The summed E-state index contributed by atoms with van der Waals surface area (Å²) >= 11 is 0. The fraction of sp³-hybridized carbons (Fsp3) is 0.625. The Morgan fingerprint density at radius 1 is 1.50 bits per heavy atom. The maximum absolute atomic E-state index is 10.8. The van der Waals surface area contributed by atoms with Crippen molar-refractivity contribution in [2.45, 2.75) is 33.2 Å². The van der Waals surface area contributed by atoms with Crippen molar-refractivity contribution in [1.82, 2.24) is 14.8 Å². The molecule has 0 atom stereocenters. The van der Waals surface area contributed by atoms with Crippen LogP contribution in [-0.2, 0) is 5.54 Å². The molecular weight excluding hydrogens is 154 g/mol. The van der Waals surface area contributed by atoms with Crippen LogP contribution < -0.4 is 0 Å². The molecule has 1 aromatic rings. The molecule has 0 spiro atoms. The molecule has 4 heteroatoms. The highest BCUT2D eigenvalue weighted by Gasteiger charge is 2.15. The first kappa shape index (κ1) is 8.90. The standard InChI is InChI=1S/C8H13N3O/c1-6(12)7-9-5-11(10-7)8(2,3)4/h5H,1-4H3. The fourth-order valence-corrected chi connectivity index (χ4v) is 0.748. The molecule has 4 nitrogen and oxygen atoms in total. The summed E-state index contributed by atoms with van der Waals surface area (Å²) in [6.07, 6.45) is 1.58. The van der Waals surface area contributed by atoms with Crippen molar-refractivity contribution in [2.24, 2.45) is 0 Å². The van der Waals surface area contributed by atoms with E-state index in [1.54, 1.807) is 11.0 Å². The second-order valence-corrected chi connectivity index (χ2v) is 3.74. The first-order valence-electron chi connectivity index (χ1n) is 3.84. The molecule has 0 aliphatic carbocycles. The zero-order valence-corrected chi connectivity index (χ0v) is 7.83. The molecule has 12 heavy (non-hydrogen) atoms. The third-order valence-corrected chi connectivity index (χ3v) is 1.49. The van der Waals surface area contributed by atoms with E-state index in [1.807, 2.05) is 20.8 Å². The molecular formula is C8H13N3O. The summed E-state index contributed by atoms with van der Waals surface area (Å²) in [6, 6.07) is 0. The minimum atomic E-state index is -0.110. The first-order chi connectivity index (χ1) is 5.41. The molecule has 0 amide bonds. The zero-order valence-electron chi connectivity index (χ0n) is 7.83. The summed E-state index contributed by atoms with van der Waals surface area (Å²) in [5.74, 6) is 0.183. The Hall–Kier alpha value is -1.19. The van der Waals surface area contributed by atoms with Crippen molar-refractivity contribution in [3.8, 4) is 0 Å². The quantitative estimate of drug-likeness (QED) is 0.591. The van der Waals surface area contributed by atoms with E-state index in [9.17, 15) is 4.79 Å². The van der Waals surface area contributed by atoms with Crippen molar-refractivity contribution >= 4 is 5.78 Å². The smallest absolute Gasteiger partial charge is 0.216 e. The average Bonchev–Trinajstić information content (AvgIpc) is 2.30. The van der Waals surface area contributed by atoms with Crippen LogP contribution in [0.4, 0.5) is 0 Å². The lowest BCUT2D eigenvalue weighted by molar-refractivity contribution is 0.100. The highest BCUT2D eigenvalue weighted by atomic mass is 16.1. The SMILES string of the molecule is CC(=O)c1ncn(C(C)(C)C)n1. The molecule has 0 saturated heterocycles. The van der Waals surface area contributed by atoms with Crippen LogP contribution in [0.5, 0.6) is 0 Å². The lowest BCUT2D eigenvalue weighted by atomic mass is 10.1. The summed E-state index contributed by atoms with van der Waals surface area (Å²) in [7, 11) is 0. The molecule has 1 heterocycles. The fourth-order valence-electron chi connectivity index (χ4n) is 0.748. The molecule has 0 radical (unpaired) electrons. The van der Waals surface area contributed by atoms with Gasteiger partial charge in [-0.3, -0.25) is 4.79 Å². The van der Waals surface area contributed by atoms with Gasteiger partial charge in [-0.25, -0.2) is 9.67 Å². The molecule has 0 saturated carbocycles. The summed E-state index contributed by atoms with van der Waals surface area (Å²) in [4.78, 5) is 14.7. The third-order valence-electron chi connectivity index (χ3n) is 1.49. The van der Waals surface area contributed by atoms with E-state index in [0.717, 1.165) is 0 Å². The number of rotatable bonds is 1. The van der Waals surface area contributed by atoms with E-state index >= 15 is 0 Å². The number of hydrogen-bond acceptors (Lipinski definition) is 3. The van der Waals surface area contributed by atoms with Crippen LogP contribution >= 0.6 is 0 Å². The Labute approximate surface area is 71.6 Å². The third kappa shape index (κ3) is 1.69. The molecule has 0 aromatic carbocycles. The molecule has 66 valence electrons. The van der Waals surface area contributed by atoms with E-state index in [0.29, 0.717) is 0 Å². The Kier molecular flexibility index (Phi) is 2.00. The van der Waals surface area contributed by atoms with Gasteiger partial charge in [0.25, 0.3) is 0 Å². The van der Waals surface area contributed by atoms with Gasteiger partial charge in [0.2, 0.25) is 5.82 Å². The van der Waals surface area contributed by atoms with Crippen molar-refractivity contribution in [3.63, 3.8) is 0 Å². The first-order valence-corrected chi connectivity index (χ1v) is 3.84. The van der Waals surface area contributed by atoms with E-state index < -0.39 is 0 Å². The average molecular weight is 167 g/mol. The molecule has 0 N–H and O–H groups in total. The van der Waals surface area contributed by atoms with E-state index in [1.165, 1.54) is 6.92 Å². The zero-order chi connectivity index (χ0) is 9.35. The second-order valence-electron chi connectivity index (χ2n) is 3.74. The largest absolute Gasteiger partial charge is 0.291 e. The molecule has 1 rings (SSSR count). The Morgan fingerprint density at radius 2 is 2.08 bits per heavy atom. The van der Waals surface area contributed by atoms with Crippen LogP contribution in [0.3, 0.4) is 0 Å². The predicted molar refractivity (Wildman–Crippen MR) is 45.0 cm³/mol. The van der Waals surface area contributed by atoms with Crippen LogP contribution in [0.15, 0.2) is 6.33 Å². The molecule has 0 fully saturated rings. The molecule has 0 aliphatic rings. The van der Waals surface area contributed by atoms with E-state index in [2.05, 4.69) is 10.1 Å². The maximum Gasteiger partial charge on any atom is 0.216 e. The van der Waals surface area contributed by atoms with Gasteiger partial charge >= 0.3 is 0 Å². The summed E-state index contributed by atoms with van der Waals surface area (Å²) in [6.45, 7) is 7.48. The lowest BCUT2D eigenvalue weighted by Gasteiger charge is -2.17. The Morgan fingerprint density at radius 3 is 2.33 bits per heavy atom. The van der Waals surface area contributed by atoms with Crippen LogP contribution in [-0.4, -0.2) is 20.5 Å². The van der Waals surface area contributed by atoms with E-state index in [-0.39, 0.29) is 17.1 Å². The van der Waals surface area contributed by atoms with Gasteiger partial charge in [0.05, 0.1) is 5.54 Å². The minimum Gasteiger partial charge on any atom is -0.291 e. The van der Waals surface area contributed by atoms with Gasteiger partial charge in [0.1, 0.15) is 6.33 Å². The summed E-state index contributed by atoms with van der Waals surface area (Å²) in [5.41, 5.74) is -0.110. The van der Waals surface area contributed by atoms with Gasteiger partial charge in [0, 0.05) is 6.92 Å². The van der Waals surface area contributed by atoms with Crippen LogP contribution in [0.2, 0.25) is 0 Å². The van der Waals surface area contributed by atoms with Gasteiger partial charge < -0.3 is 0 Å². The molecule has 1 aromatic heterocycles. The number of carbonyl (C=O) groups excluding carboxylic acids is 1. The maximum atomic E-state index is 10.8. The second kappa shape index (κ2) is 2.69. The van der Waals surface area contributed by atoms with Crippen molar-refractivity contribution in [2.75, 3.05) is 0 Å². The Balaban J connectivity index is 3.00. The van der Waals surface area contributed by atoms with Crippen molar-refractivity contribution in [1.29, 1.82) is 0 Å². The number of carbonyl (C=O) groups is 1. The lowest BCUT2D eigenvalue weighted by Crippen LogP contribution is -2.22. The van der Waals surface area contributed by atoms with Crippen LogP contribution in [0, 0.1) is 0 Å². The van der Waals surface area contributed by atoms with E-state index in [4.69, 9.17) is 0 Å². The number of hydrogen-bond donors (Lipinski definition) is 0. The number of Topliss-reactive ketones (excluding diaryl/α,β-unsaturated/α-hetero) is 1. The van der Waals surface area contributed by atoms with Crippen LogP contribution in [0.25, 0.3) is 0 Å². The molecule has 0 unspecified atom stereocenters. The number of nitrogens with zero attached hydrogens (tertiary/aromatic N) is 3. The van der Waals surface area contributed by atoms with Gasteiger partial charge in [-0.1, -0.05) is 0 Å². The normalized spacial score (nSPS) is 11.7. The van der Waals surface area contributed by atoms with Crippen LogP contribution in [0.1, 0.15) is 38.3 Å². The number of ketones is 1. The number of aromatic nitrogens is 3. The van der Waals surface area contributed by atoms with Crippen molar-refractivity contribution in [3.05, 3.63) is 12.2 Å². The van der Waals surface area contributed by atoms with Crippen molar-refractivity contribution < 1.29 is 4.79 Å². The van der Waals surface area contributed by atoms with Gasteiger partial charge in [-0.05, 0) is 20.8 Å². The van der Waals surface area contributed by atoms with Gasteiger partial charge in [-0.2, -0.15) is 0 Å². The highest BCUT2D eigenvalue weighted by molar-refractivity contribution is 5.89. The molecule has 0 bridgehead atoms. The highest BCUT2D eigenvalue weighted by Crippen LogP contribution is 2.10. The van der Waals surface area contributed by atoms with Gasteiger partial charge in [0.15, 0.2) is 5.78 Å². The minimum absolute atomic E-state index is 0.0991. The summed E-state index contributed by atoms with van der Waals surface area (Å²) in [5, 5.41) is 4.04. The van der Waals surface area contributed by atoms with Gasteiger partial charge in [-0.15, -0.1) is 5.10 Å². The predicted octanol–water partition coefficient (Wildman–Crippen LogP) is 1.24. The Bertz CT molecular complexity index is 295.